The quantitative estimate of drug-likeness (QED) is 0.845. The van der Waals surface area contributed by atoms with E-state index in [1.165, 1.54) is 36.8 Å². The molecular formula is C20H26N2. The monoisotopic (exact) mass is 294 g/mol. The second kappa shape index (κ2) is 8.11. The largest absolute Gasteiger partial charge is 0.310 e. The van der Waals surface area contributed by atoms with Gasteiger partial charge in [0.25, 0.3) is 0 Å². The number of nitrogens with one attached hydrogen (secondary N) is 2. The zero-order valence-corrected chi connectivity index (χ0v) is 13.2. The van der Waals surface area contributed by atoms with E-state index >= 15 is 0 Å². The Morgan fingerprint density at radius 2 is 1.14 bits per heavy atom. The van der Waals surface area contributed by atoms with Crippen molar-refractivity contribution in [2.45, 2.75) is 50.9 Å². The van der Waals surface area contributed by atoms with E-state index in [-0.39, 0.29) is 0 Å². The van der Waals surface area contributed by atoms with Crippen LogP contribution in [-0.2, 0) is 13.1 Å². The number of rotatable bonds is 6. The van der Waals surface area contributed by atoms with E-state index in [4.69, 9.17) is 0 Å². The second-order valence-corrected chi connectivity index (χ2v) is 6.29. The van der Waals surface area contributed by atoms with Gasteiger partial charge in [-0.25, -0.2) is 0 Å². The van der Waals surface area contributed by atoms with E-state index in [9.17, 15) is 0 Å². The molecule has 2 aromatic carbocycles. The lowest BCUT2D eigenvalue weighted by Crippen LogP contribution is -2.41. The minimum atomic E-state index is 0.641. The summed E-state index contributed by atoms with van der Waals surface area (Å²) in [4.78, 5) is 0. The van der Waals surface area contributed by atoms with Gasteiger partial charge in [-0.05, 0) is 30.4 Å². The van der Waals surface area contributed by atoms with Gasteiger partial charge in [0.05, 0.1) is 0 Å². The molecule has 2 unspecified atom stereocenters. The van der Waals surface area contributed by atoms with Crippen LogP contribution in [0.15, 0.2) is 60.7 Å². The molecule has 2 atom stereocenters. The van der Waals surface area contributed by atoms with Crippen molar-refractivity contribution in [1.29, 1.82) is 0 Å². The topological polar surface area (TPSA) is 24.1 Å². The highest BCUT2D eigenvalue weighted by molar-refractivity contribution is 5.15. The molecule has 0 radical (unpaired) electrons. The van der Waals surface area contributed by atoms with Gasteiger partial charge in [-0.1, -0.05) is 67.1 Å². The Morgan fingerprint density at radius 3 is 1.59 bits per heavy atom. The molecule has 1 aliphatic rings. The fraction of sp³-hybridized carbons (Fsp3) is 0.400. The van der Waals surface area contributed by atoms with Gasteiger partial charge in [0.1, 0.15) is 0 Å². The SMILES string of the molecule is c1ccc(CNC2CCCC(NCc3ccccc3)C2)cc1. The Morgan fingerprint density at radius 1 is 0.682 bits per heavy atom. The summed E-state index contributed by atoms with van der Waals surface area (Å²) in [7, 11) is 0. The molecule has 0 spiro atoms. The molecule has 0 amide bonds. The fourth-order valence-electron chi connectivity index (χ4n) is 3.28. The lowest BCUT2D eigenvalue weighted by atomic mass is 9.90. The molecule has 1 aliphatic carbocycles. The maximum Gasteiger partial charge on any atom is 0.0208 e. The predicted octanol–water partition coefficient (Wildman–Crippen LogP) is 3.88. The first-order valence-corrected chi connectivity index (χ1v) is 8.45. The first-order chi connectivity index (χ1) is 10.9. The third-order valence-electron chi connectivity index (χ3n) is 4.55. The minimum absolute atomic E-state index is 0.641. The summed E-state index contributed by atoms with van der Waals surface area (Å²) >= 11 is 0. The molecule has 1 fully saturated rings. The van der Waals surface area contributed by atoms with Crippen LogP contribution in [0.1, 0.15) is 36.8 Å². The number of hydrogen-bond acceptors (Lipinski definition) is 2. The van der Waals surface area contributed by atoms with E-state index in [0.717, 1.165) is 13.1 Å². The third-order valence-corrected chi connectivity index (χ3v) is 4.55. The lowest BCUT2D eigenvalue weighted by molar-refractivity contribution is 0.300. The van der Waals surface area contributed by atoms with Gasteiger partial charge in [-0.15, -0.1) is 0 Å². The van der Waals surface area contributed by atoms with E-state index < -0.39 is 0 Å². The molecule has 3 rings (SSSR count). The zero-order valence-electron chi connectivity index (χ0n) is 13.2. The van der Waals surface area contributed by atoms with Gasteiger partial charge in [0.2, 0.25) is 0 Å². The third kappa shape index (κ3) is 4.69. The zero-order chi connectivity index (χ0) is 15.0. The number of benzene rings is 2. The summed E-state index contributed by atoms with van der Waals surface area (Å²) in [6.07, 6.45) is 5.16. The van der Waals surface area contributed by atoms with Crippen molar-refractivity contribution in [3.8, 4) is 0 Å². The van der Waals surface area contributed by atoms with Gasteiger partial charge in [-0.2, -0.15) is 0 Å². The Labute approximate surface area is 134 Å². The summed E-state index contributed by atoms with van der Waals surface area (Å²) in [6, 6.07) is 22.7. The van der Waals surface area contributed by atoms with Gasteiger partial charge >= 0.3 is 0 Å². The van der Waals surface area contributed by atoms with E-state index in [0.29, 0.717) is 12.1 Å². The summed E-state index contributed by atoms with van der Waals surface area (Å²) < 4.78 is 0. The molecule has 0 bridgehead atoms. The molecule has 116 valence electrons. The molecule has 22 heavy (non-hydrogen) atoms. The Hall–Kier alpha value is -1.64. The number of hydrogen-bond donors (Lipinski definition) is 2. The van der Waals surface area contributed by atoms with Gasteiger partial charge < -0.3 is 10.6 Å². The van der Waals surface area contributed by atoms with E-state index in [1.807, 2.05) is 0 Å². The molecule has 2 aromatic rings. The molecule has 2 N–H and O–H groups in total. The van der Waals surface area contributed by atoms with Crippen molar-refractivity contribution in [3.63, 3.8) is 0 Å². The van der Waals surface area contributed by atoms with E-state index in [1.54, 1.807) is 0 Å². The highest BCUT2D eigenvalue weighted by Crippen LogP contribution is 2.19. The van der Waals surface area contributed by atoms with Crippen LogP contribution in [0.25, 0.3) is 0 Å². The molecule has 2 nitrogen and oxygen atoms in total. The van der Waals surface area contributed by atoms with Crippen molar-refractivity contribution in [1.82, 2.24) is 10.6 Å². The molecule has 2 heteroatoms. The first kappa shape index (κ1) is 15.3. The van der Waals surface area contributed by atoms with Crippen LogP contribution in [0, 0.1) is 0 Å². The Kier molecular flexibility index (Phi) is 5.63. The van der Waals surface area contributed by atoms with E-state index in [2.05, 4.69) is 71.3 Å². The average molecular weight is 294 g/mol. The lowest BCUT2D eigenvalue weighted by Gasteiger charge is -2.30. The summed E-state index contributed by atoms with van der Waals surface area (Å²) in [5.41, 5.74) is 2.75. The molecule has 0 aliphatic heterocycles. The van der Waals surface area contributed by atoms with Gasteiger partial charge in [-0.3, -0.25) is 0 Å². The Bertz CT molecular complexity index is 489. The van der Waals surface area contributed by atoms with Crippen molar-refractivity contribution in [2.24, 2.45) is 0 Å². The summed E-state index contributed by atoms with van der Waals surface area (Å²) in [5, 5.41) is 7.45. The minimum Gasteiger partial charge on any atom is -0.310 e. The normalized spacial score (nSPS) is 21.6. The highest BCUT2D eigenvalue weighted by atomic mass is 15.0. The second-order valence-electron chi connectivity index (χ2n) is 6.29. The van der Waals surface area contributed by atoms with Crippen LogP contribution in [-0.4, -0.2) is 12.1 Å². The summed E-state index contributed by atoms with van der Waals surface area (Å²) in [6.45, 7) is 1.97. The molecule has 1 saturated carbocycles. The maximum absolute atomic E-state index is 3.73. The van der Waals surface area contributed by atoms with Gasteiger partial charge in [0.15, 0.2) is 0 Å². The van der Waals surface area contributed by atoms with Crippen LogP contribution in [0.3, 0.4) is 0 Å². The molecule has 0 heterocycles. The Balaban J connectivity index is 1.43. The molecule has 0 saturated heterocycles. The smallest absolute Gasteiger partial charge is 0.0208 e. The van der Waals surface area contributed by atoms with Crippen LogP contribution >= 0.6 is 0 Å². The average Bonchev–Trinajstić information content (AvgIpc) is 2.60. The van der Waals surface area contributed by atoms with Crippen molar-refractivity contribution in [2.75, 3.05) is 0 Å². The van der Waals surface area contributed by atoms with Crippen molar-refractivity contribution < 1.29 is 0 Å². The van der Waals surface area contributed by atoms with Crippen molar-refractivity contribution >= 4 is 0 Å². The summed E-state index contributed by atoms with van der Waals surface area (Å²) in [5.74, 6) is 0. The standard InChI is InChI=1S/C20H26N2/c1-3-8-17(9-4-1)15-21-19-12-7-13-20(14-19)22-16-18-10-5-2-6-11-18/h1-6,8-11,19-22H,7,12-16H2. The molecule has 0 aromatic heterocycles. The molecular weight excluding hydrogens is 268 g/mol. The maximum atomic E-state index is 3.73. The van der Waals surface area contributed by atoms with Crippen LogP contribution < -0.4 is 10.6 Å². The fourth-order valence-corrected chi connectivity index (χ4v) is 3.28. The van der Waals surface area contributed by atoms with Crippen molar-refractivity contribution in [3.05, 3.63) is 71.8 Å². The van der Waals surface area contributed by atoms with Crippen LogP contribution in [0.4, 0.5) is 0 Å². The van der Waals surface area contributed by atoms with Crippen LogP contribution in [0.2, 0.25) is 0 Å². The highest BCUT2D eigenvalue weighted by Gasteiger charge is 2.21. The van der Waals surface area contributed by atoms with Gasteiger partial charge in [0, 0.05) is 25.2 Å². The predicted molar refractivity (Wildman–Crippen MR) is 92.6 cm³/mol. The van der Waals surface area contributed by atoms with Crippen LogP contribution in [0.5, 0.6) is 0 Å². The first-order valence-electron chi connectivity index (χ1n) is 8.45.